The van der Waals surface area contributed by atoms with E-state index in [1.54, 1.807) is 0 Å². The molecule has 0 unspecified atom stereocenters. The summed E-state index contributed by atoms with van der Waals surface area (Å²) in [4.78, 5) is 4.05. The zero-order valence-corrected chi connectivity index (χ0v) is 9.65. The Morgan fingerprint density at radius 3 is 2.87 bits per heavy atom. The van der Waals surface area contributed by atoms with E-state index in [1.807, 2.05) is 25.1 Å². The third-order valence-electron chi connectivity index (χ3n) is 2.03. The summed E-state index contributed by atoms with van der Waals surface area (Å²) in [5.74, 6) is 0.733. The molecule has 0 aliphatic carbocycles. The van der Waals surface area contributed by atoms with Crippen molar-refractivity contribution in [1.82, 2.24) is 10.1 Å². The molecule has 0 spiro atoms. The highest BCUT2D eigenvalue weighted by molar-refractivity contribution is 9.10. The summed E-state index contributed by atoms with van der Waals surface area (Å²) in [5.41, 5.74) is 1.92. The SMILES string of the molecule is Cc1cc(Br)ccc1-c1nc(CO)no1. The van der Waals surface area contributed by atoms with Crippen LogP contribution in [0.15, 0.2) is 27.2 Å². The van der Waals surface area contributed by atoms with Crippen molar-refractivity contribution in [2.45, 2.75) is 13.5 Å². The third-order valence-corrected chi connectivity index (χ3v) is 2.52. The standard InChI is InChI=1S/C10H9BrN2O2/c1-6-4-7(11)2-3-8(6)10-12-9(5-14)13-15-10/h2-4,14H,5H2,1H3. The number of hydrogen-bond donors (Lipinski definition) is 1. The summed E-state index contributed by atoms with van der Waals surface area (Å²) in [5, 5.41) is 12.4. The fraction of sp³-hybridized carbons (Fsp3) is 0.200. The van der Waals surface area contributed by atoms with E-state index in [1.165, 1.54) is 0 Å². The lowest BCUT2D eigenvalue weighted by atomic mass is 10.1. The Balaban J connectivity index is 2.44. The van der Waals surface area contributed by atoms with Gasteiger partial charge < -0.3 is 9.63 Å². The van der Waals surface area contributed by atoms with Gasteiger partial charge in [-0.05, 0) is 30.7 Å². The van der Waals surface area contributed by atoms with Gasteiger partial charge in [0.15, 0.2) is 5.82 Å². The molecule has 0 saturated heterocycles. The highest BCUT2D eigenvalue weighted by atomic mass is 79.9. The number of rotatable bonds is 2. The summed E-state index contributed by atoms with van der Waals surface area (Å²) < 4.78 is 6.03. The quantitative estimate of drug-likeness (QED) is 0.908. The molecule has 0 amide bonds. The molecule has 1 aromatic carbocycles. The minimum Gasteiger partial charge on any atom is -0.388 e. The first-order chi connectivity index (χ1) is 7.20. The lowest BCUT2D eigenvalue weighted by Crippen LogP contribution is -1.86. The van der Waals surface area contributed by atoms with Gasteiger partial charge in [-0.15, -0.1) is 0 Å². The summed E-state index contributed by atoms with van der Waals surface area (Å²) >= 11 is 3.38. The van der Waals surface area contributed by atoms with E-state index in [0.717, 1.165) is 15.6 Å². The molecule has 5 heteroatoms. The molecule has 4 nitrogen and oxygen atoms in total. The van der Waals surface area contributed by atoms with E-state index in [0.29, 0.717) is 11.7 Å². The number of aromatic nitrogens is 2. The van der Waals surface area contributed by atoms with Gasteiger partial charge in [-0.25, -0.2) is 0 Å². The number of aliphatic hydroxyl groups is 1. The van der Waals surface area contributed by atoms with Crippen LogP contribution in [0.2, 0.25) is 0 Å². The normalized spacial score (nSPS) is 10.6. The van der Waals surface area contributed by atoms with Crippen LogP contribution in [0.4, 0.5) is 0 Å². The molecule has 0 atom stereocenters. The number of aliphatic hydroxyl groups excluding tert-OH is 1. The Morgan fingerprint density at radius 2 is 2.27 bits per heavy atom. The zero-order valence-electron chi connectivity index (χ0n) is 8.07. The van der Waals surface area contributed by atoms with Gasteiger partial charge >= 0.3 is 0 Å². The van der Waals surface area contributed by atoms with Gasteiger partial charge in [-0.2, -0.15) is 4.98 Å². The Kier molecular flexibility index (Phi) is 2.83. The molecule has 1 aromatic heterocycles. The van der Waals surface area contributed by atoms with Crippen molar-refractivity contribution in [1.29, 1.82) is 0 Å². The molecule has 0 fully saturated rings. The van der Waals surface area contributed by atoms with Gasteiger partial charge in [-0.3, -0.25) is 0 Å². The Bertz CT molecular complexity index is 482. The van der Waals surface area contributed by atoms with E-state index in [-0.39, 0.29) is 6.61 Å². The van der Waals surface area contributed by atoms with E-state index < -0.39 is 0 Å². The number of hydrogen-bond acceptors (Lipinski definition) is 4. The molecule has 1 N–H and O–H groups in total. The lowest BCUT2D eigenvalue weighted by molar-refractivity contribution is 0.264. The molecule has 2 aromatic rings. The van der Waals surface area contributed by atoms with Gasteiger partial charge in [0.2, 0.25) is 0 Å². The topological polar surface area (TPSA) is 59.2 Å². The minimum absolute atomic E-state index is 0.209. The number of nitrogens with zero attached hydrogens (tertiary/aromatic N) is 2. The summed E-state index contributed by atoms with van der Waals surface area (Å²) in [6.07, 6.45) is 0. The first-order valence-corrected chi connectivity index (χ1v) is 5.20. The highest BCUT2D eigenvalue weighted by Crippen LogP contribution is 2.24. The Morgan fingerprint density at radius 1 is 1.47 bits per heavy atom. The average molecular weight is 269 g/mol. The predicted molar refractivity (Wildman–Crippen MR) is 58.1 cm³/mol. The van der Waals surface area contributed by atoms with Crippen molar-refractivity contribution >= 4 is 15.9 Å². The maximum Gasteiger partial charge on any atom is 0.258 e. The van der Waals surface area contributed by atoms with Gasteiger partial charge in [0.25, 0.3) is 5.89 Å². The van der Waals surface area contributed by atoms with Crippen molar-refractivity contribution < 1.29 is 9.63 Å². The number of halogens is 1. The first kappa shape index (κ1) is 10.3. The monoisotopic (exact) mass is 268 g/mol. The second-order valence-corrected chi connectivity index (χ2v) is 4.05. The van der Waals surface area contributed by atoms with Crippen LogP contribution in [0, 0.1) is 6.92 Å². The van der Waals surface area contributed by atoms with E-state index in [2.05, 4.69) is 26.1 Å². The predicted octanol–water partition coefficient (Wildman–Crippen LogP) is 2.30. The van der Waals surface area contributed by atoms with Crippen LogP contribution < -0.4 is 0 Å². The van der Waals surface area contributed by atoms with Gasteiger partial charge in [0, 0.05) is 10.0 Å². The largest absolute Gasteiger partial charge is 0.388 e. The second-order valence-electron chi connectivity index (χ2n) is 3.13. The van der Waals surface area contributed by atoms with E-state index in [4.69, 9.17) is 9.63 Å². The van der Waals surface area contributed by atoms with Crippen LogP contribution in [0.5, 0.6) is 0 Å². The van der Waals surface area contributed by atoms with Crippen molar-refractivity contribution in [2.24, 2.45) is 0 Å². The molecular formula is C10H9BrN2O2. The van der Waals surface area contributed by atoms with Crippen LogP contribution in [-0.2, 0) is 6.61 Å². The molecule has 0 saturated carbocycles. The van der Waals surface area contributed by atoms with E-state index >= 15 is 0 Å². The number of aryl methyl sites for hydroxylation is 1. The van der Waals surface area contributed by atoms with Crippen LogP contribution in [0.25, 0.3) is 11.5 Å². The van der Waals surface area contributed by atoms with Gasteiger partial charge in [0.05, 0.1) is 0 Å². The summed E-state index contributed by atoms with van der Waals surface area (Å²) in [6.45, 7) is 1.75. The molecule has 0 aliphatic heterocycles. The molecule has 0 bridgehead atoms. The van der Waals surface area contributed by atoms with Crippen molar-refractivity contribution in [3.05, 3.63) is 34.1 Å². The summed E-state index contributed by atoms with van der Waals surface area (Å²) in [7, 11) is 0. The molecule has 0 aliphatic rings. The zero-order chi connectivity index (χ0) is 10.8. The van der Waals surface area contributed by atoms with Crippen LogP contribution in [0.1, 0.15) is 11.4 Å². The first-order valence-electron chi connectivity index (χ1n) is 4.40. The fourth-order valence-electron chi connectivity index (χ4n) is 1.29. The molecule has 0 radical (unpaired) electrons. The van der Waals surface area contributed by atoms with Crippen molar-refractivity contribution in [2.75, 3.05) is 0 Å². The van der Waals surface area contributed by atoms with Gasteiger partial charge in [0.1, 0.15) is 6.61 Å². The van der Waals surface area contributed by atoms with Crippen LogP contribution >= 0.6 is 15.9 Å². The fourth-order valence-corrected chi connectivity index (χ4v) is 1.77. The molecule has 2 rings (SSSR count). The van der Waals surface area contributed by atoms with Crippen LogP contribution in [0.3, 0.4) is 0 Å². The maximum absolute atomic E-state index is 8.82. The third kappa shape index (κ3) is 2.08. The molecule has 78 valence electrons. The van der Waals surface area contributed by atoms with Gasteiger partial charge in [-0.1, -0.05) is 21.1 Å². The molecule has 1 heterocycles. The Labute approximate surface area is 95.1 Å². The second kappa shape index (κ2) is 4.12. The summed E-state index contributed by atoms with van der Waals surface area (Å²) in [6, 6.07) is 5.78. The highest BCUT2D eigenvalue weighted by Gasteiger charge is 2.10. The minimum atomic E-state index is -0.209. The molecular weight excluding hydrogens is 260 g/mol. The van der Waals surface area contributed by atoms with Crippen molar-refractivity contribution in [3.8, 4) is 11.5 Å². The molecule has 15 heavy (non-hydrogen) atoms. The smallest absolute Gasteiger partial charge is 0.258 e. The van der Waals surface area contributed by atoms with E-state index in [9.17, 15) is 0 Å². The number of benzene rings is 1. The Hall–Kier alpha value is -1.20. The average Bonchev–Trinajstić information content (AvgIpc) is 2.66. The lowest BCUT2D eigenvalue weighted by Gasteiger charge is -2.00. The van der Waals surface area contributed by atoms with Crippen LogP contribution in [-0.4, -0.2) is 15.2 Å². The van der Waals surface area contributed by atoms with Crippen molar-refractivity contribution in [3.63, 3.8) is 0 Å². The maximum atomic E-state index is 8.82.